The SMILES string of the molecule is CN=C(NCc1ccc2c(c1)OCO2)N(C)Cc1cc(Cl)cn1C.I. The second-order valence-electron chi connectivity index (χ2n) is 5.71. The zero-order valence-electron chi connectivity index (χ0n) is 14.5. The monoisotopic (exact) mass is 476 g/mol. The minimum absolute atomic E-state index is 0. The van der Waals surface area contributed by atoms with Crippen molar-refractivity contribution < 1.29 is 9.47 Å². The Bertz CT molecular complexity index is 763. The molecular formula is C17H22ClIN4O2. The van der Waals surface area contributed by atoms with Gasteiger partial charge in [0.25, 0.3) is 0 Å². The summed E-state index contributed by atoms with van der Waals surface area (Å²) in [6.45, 7) is 1.65. The molecule has 0 aliphatic carbocycles. The number of aliphatic imine (C=N–C) groups is 1. The Balaban J connectivity index is 0.00000225. The normalized spacial score (nSPS) is 12.7. The molecule has 0 amide bonds. The lowest BCUT2D eigenvalue weighted by Gasteiger charge is -2.22. The van der Waals surface area contributed by atoms with Gasteiger partial charge in [-0.25, -0.2) is 0 Å². The topological polar surface area (TPSA) is 51.0 Å². The van der Waals surface area contributed by atoms with Crippen molar-refractivity contribution in [2.45, 2.75) is 13.1 Å². The standard InChI is InChI=1S/C17H21ClN4O2.HI/c1-19-17(22(3)10-14-7-13(18)9-21(14)2)20-8-12-4-5-15-16(6-12)24-11-23-15;/h4-7,9H,8,10-11H2,1-3H3,(H,19,20);1H. The average molecular weight is 477 g/mol. The number of hydrogen-bond donors (Lipinski definition) is 1. The Labute approximate surface area is 169 Å². The van der Waals surface area contributed by atoms with E-state index in [1.54, 1.807) is 7.05 Å². The number of benzene rings is 1. The molecule has 1 N–H and O–H groups in total. The van der Waals surface area contributed by atoms with Gasteiger partial charge in [0.2, 0.25) is 6.79 Å². The number of ether oxygens (including phenoxy) is 2. The molecule has 8 heteroatoms. The van der Waals surface area contributed by atoms with Crippen LogP contribution in [0.25, 0.3) is 0 Å². The minimum Gasteiger partial charge on any atom is -0.454 e. The molecule has 3 rings (SSSR count). The lowest BCUT2D eigenvalue weighted by Crippen LogP contribution is -2.38. The van der Waals surface area contributed by atoms with Crippen LogP contribution >= 0.6 is 35.6 Å². The molecule has 0 bridgehead atoms. The van der Waals surface area contributed by atoms with Crippen LogP contribution in [0.4, 0.5) is 0 Å². The van der Waals surface area contributed by atoms with Gasteiger partial charge in [0.05, 0.1) is 11.6 Å². The predicted octanol–water partition coefficient (Wildman–Crippen LogP) is 3.23. The van der Waals surface area contributed by atoms with Gasteiger partial charge in [-0.15, -0.1) is 24.0 Å². The van der Waals surface area contributed by atoms with Gasteiger partial charge in [-0.3, -0.25) is 4.99 Å². The Morgan fingerprint density at radius 3 is 2.76 bits per heavy atom. The summed E-state index contributed by atoms with van der Waals surface area (Å²) in [6.07, 6.45) is 1.90. The van der Waals surface area contributed by atoms with E-state index in [-0.39, 0.29) is 30.8 Å². The number of halogens is 2. The second-order valence-corrected chi connectivity index (χ2v) is 6.14. The van der Waals surface area contributed by atoms with Gasteiger partial charge >= 0.3 is 0 Å². The van der Waals surface area contributed by atoms with E-state index in [4.69, 9.17) is 21.1 Å². The van der Waals surface area contributed by atoms with Crippen molar-refractivity contribution in [3.8, 4) is 11.5 Å². The lowest BCUT2D eigenvalue weighted by molar-refractivity contribution is 0.174. The number of fused-ring (bicyclic) bond motifs is 1. The van der Waals surface area contributed by atoms with E-state index in [0.717, 1.165) is 33.7 Å². The highest BCUT2D eigenvalue weighted by molar-refractivity contribution is 14.0. The Morgan fingerprint density at radius 2 is 2.08 bits per heavy atom. The number of aromatic nitrogens is 1. The van der Waals surface area contributed by atoms with Crippen molar-refractivity contribution in [3.05, 3.63) is 46.7 Å². The van der Waals surface area contributed by atoms with E-state index in [1.165, 1.54) is 0 Å². The van der Waals surface area contributed by atoms with E-state index in [2.05, 4.69) is 15.2 Å². The third-order valence-corrected chi connectivity index (χ3v) is 4.14. The molecule has 1 aromatic carbocycles. The summed E-state index contributed by atoms with van der Waals surface area (Å²) in [5, 5.41) is 4.10. The molecule has 136 valence electrons. The minimum atomic E-state index is 0. The van der Waals surface area contributed by atoms with Crippen LogP contribution in [0, 0.1) is 0 Å². The van der Waals surface area contributed by atoms with Gasteiger partial charge < -0.3 is 24.3 Å². The van der Waals surface area contributed by atoms with Gasteiger partial charge in [-0.2, -0.15) is 0 Å². The summed E-state index contributed by atoms with van der Waals surface area (Å²) in [5.41, 5.74) is 2.23. The number of nitrogens with one attached hydrogen (secondary N) is 1. The molecule has 0 saturated carbocycles. The smallest absolute Gasteiger partial charge is 0.231 e. The summed E-state index contributed by atoms with van der Waals surface area (Å²) in [5.74, 6) is 2.39. The number of rotatable bonds is 4. The van der Waals surface area contributed by atoms with Crippen molar-refractivity contribution in [2.75, 3.05) is 20.9 Å². The summed E-state index contributed by atoms with van der Waals surface area (Å²) in [4.78, 5) is 6.40. The first kappa shape index (κ1) is 19.7. The summed E-state index contributed by atoms with van der Waals surface area (Å²) in [6, 6.07) is 7.89. The largest absolute Gasteiger partial charge is 0.454 e. The fraction of sp³-hybridized carbons (Fsp3) is 0.353. The Morgan fingerprint density at radius 1 is 1.32 bits per heavy atom. The van der Waals surface area contributed by atoms with Crippen LogP contribution in [-0.4, -0.2) is 36.3 Å². The van der Waals surface area contributed by atoms with E-state index < -0.39 is 0 Å². The summed E-state index contributed by atoms with van der Waals surface area (Å²) in [7, 11) is 5.75. The van der Waals surface area contributed by atoms with Crippen LogP contribution in [0.15, 0.2) is 35.5 Å². The van der Waals surface area contributed by atoms with E-state index >= 15 is 0 Å². The van der Waals surface area contributed by atoms with E-state index in [1.807, 2.05) is 49.1 Å². The zero-order valence-corrected chi connectivity index (χ0v) is 17.5. The van der Waals surface area contributed by atoms with Crippen molar-refractivity contribution in [2.24, 2.45) is 12.0 Å². The van der Waals surface area contributed by atoms with Crippen molar-refractivity contribution in [3.63, 3.8) is 0 Å². The Hall–Kier alpha value is -1.61. The first-order chi connectivity index (χ1) is 11.6. The first-order valence-corrected chi connectivity index (χ1v) is 8.05. The highest BCUT2D eigenvalue weighted by Crippen LogP contribution is 2.32. The highest BCUT2D eigenvalue weighted by Gasteiger charge is 2.14. The molecule has 0 radical (unpaired) electrons. The summed E-state index contributed by atoms with van der Waals surface area (Å²) >= 11 is 6.04. The highest BCUT2D eigenvalue weighted by atomic mass is 127. The van der Waals surface area contributed by atoms with Gasteiger partial charge in [0.1, 0.15) is 0 Å². The second kappa shape index (κ2) is 8.66. The quantitative estimate of drug-likeness (QED) is 0.418. The van der Waals surface area contributed by atoms with Gasteiger partial charge in [0.15, 0.2) is 17.5 Å². The molecule has 0 spiro atoms. The van der Waals surface area contributed by atoms with Crippen LogP contribution < -0.4 is 14.8 Å². The third kappa shape index (κ3) is 4.72. The Kier molecular flexibility index (Phi) is 6.83. The van der Waals surface area contributed by atoms with Gasteiger partial charge in [0, 0.05) is 39.6 Å². The van der Waals surface area contributed by atoms with E-state index in [9.17, 15) is 0 Å². The van der Waals surface area contributed by atoms with Crippen molar-refractivity contribution in [1.29, 1.82) is 0 Å². The maximum Gasteiger partial charge on any atom is 0.231 e. The summed E-state index contributed by atoms with van der Waals surface area (Å²) < 4.78 is 12.8. The molecular weight excluding hydrogens is 455 g/mol. The van der Waals surface area contributed by atoms with Crippen molar-refractivity contribution >= 4 is 41.5 Å². The molecule has 25 heavy (non-hydrogen) atoms. The average Bonchev–Trinajstić information content (AvgIpc) is 3.13. The van der Waals surface area contributed by atoms with Crippen LogP contribution in [0.5, 0.6) is 11.5 Å². The fourth-order valence-corrected chi connectivity index (χ4v) is 2.93. The third-order valence-electron chi connectivity index (χ3n) is 3.93. The first-order valence-electron chi connectivity index (χ1n) is 7.68. The molecule has 0 saturated heterocycles. The molecule has 2 aromatic rings. The maximum atomic E-state index is 6.04. The molecule has 2 heterocycles. The van der Waals surface area contributed by atoms with Crippen LogP contribution in [-0.2, 0) is 20.1 Å². The molecule has 1 aromatic heterocycles. The van der Waals surface area contributed by atoms with Crippen LogP contribution in [0.3, 0.4) is 0 Å². The van der Waals surface area contributed by atoms with Gasteiger partial charge in [-0.1, -0.05) is 17.7 Å². The number of aryl methyl sites for hydroxylation is 1. The maximum absolute atomic E-state index is 6.04. The fourth-order valence-electron chi connectivity index (χ4n) is 2.66. The van der Waals surface area contributed by atoms with Crippen molar-refractivity contribution in [1.82, 2.24) is 14.8 Å². The lowest BCUT2D eigenvalue weighted by atomic mass is 10.2. The van der Waals surface area contributed by atoms with E-state index in [0.29, 0.717) is 13.1 Å². The predicted molar refractivity (Wildman–Crippen MR) is 110 cm³/mol. The number of nitrogens with zero attached hydrogens (tertiary/aromatic N) is 3. The molecule has 0 fully saturated rings. The number of hydrogen-bond acceptors (Lipinski definition) is 3. The molecule has 1 aliphatic rings. The zero-order chi connectivity index (χ0) is 17.1. The number of guanidine groups is 1. The molecule has 0 atom stereocenters. The van der Waals surface area contributed by atoms with Crippen LogP contribution in [0.2, 0.25) is 5.02 Å². The molecule has 1 aliphatic heterocycles. The molecule has 6 nitrogen and oxygen atoms in total. The molecule has 0 unspecified atom stereocenters. The van der Waals surface area contributed by atoms with Gasteiger partial charge in [-0.05, 0) is 23.8 Å². The van der Waals surface area contributed by atoms with Crippen LogP contribution in [0.1, 0.15) is 11.3 Å².